The molecular weight excluding hydrogens is 432 g/mol. The maximum Gasteiger partial charge on any atom is 0.233 e. The summed E-state index contributed by atoms with van der Waals surface area (Å²) in [5, 5.41) is 5.54. The van der Waals surface area contributed by atoms with E-state index in [1.807, 2.05) is 133 Å². The molecule has 4 nitrogen and oxygen atoms in total. The van der Waals surface area contributed by atoms with Gasteiger partial charge in [-0.25, -0.2) is 0 Å². The molecule has 4 aromatic carbocycles. The van der Waals surface area contributed by atoms with Crippen LogP contribution in [0.3, 0.4) is 0 Å². The Balaban J connectivity index is 1.24. The predicted octanol–water partition coefficient (Wildman–Crippen LogP) is 6.99. The molecule has 0 atom stereocenters. The number of amides is 2. The van der Waals surface area contributed by atoms with Crippen molar-refractivity contribution in [3.8, 4) is 0 Å². The highest BCUT2D eigenvalue weighted by Crippen LogP contribution is 2.15. The standard InChI is InChI=1S/C31H26N2O2/c34-30(32-28-19-15-26(16-20-28)13-11-24-7-3-1-4-8-24)23-31(35)33-29-21-17-27(18-22-29)14-12-25-9-5-2-6-10-25/h1-22H,23H2,(H,32,34)(H,33,35)/b13-11+,14-12+. The summed E-state index contributed by atoms with van der Waals surface area (Å²) in [5.41, 5.74) is 5.57. The van der Waals surface area contributed by atoms with Gasteiger partial charge in [0.25, 0.3) is 0 Å². The molecule has 2 amide bonds. The van der Waals surface area contributed by atoms with Crippen molar-refractivity contribution in [3.05, 3.63) is 131 Å². The maximum atomic E-state index is 12.3. The van der Waals surface area contributed by atoms with E-state index in [4.69, 9.17) is 0 Å². The van der Waals surface area contributed by atoms with Gasteiger partial charge in [-0.1, -0.05) is 109 Å². The molecule has 0 fully saturated rings. The Morgan fingerprint density at radius 1 is 0.457 bits per heavy atom. The van der Waals surface area contributed by atoms with Gasteiger partial charge in [0.1, 0.15) is 6.42 Å². The molecule has 0 aliphatic carbocycles. The third-order valence-electron chi connectivity index (χ3n) is 5.25. The average Bonchev–Trinajstić information content (AvgIpc) is 2.89. The van der Waals surface area contributed by atoms with E-state index in [-0.39, 0.29) is 18.2 Å². The molecule has 35 heavy (non-hydrogen) atoms. The molecule has 0 bridgehead atoms. The van der Waals surface area contributed by atoms with E-state index in [0.29, 0.717) is 11.4 Å². The Hall–Kier alpha value is -4.70. The zero-order valence-corrected chi connectivity index (χ0v) is 19.2. The molecule has 0 aliphatic heterocycles. The van der Waals surface area contributed by atoms with Crippen LogP contribution in [0.2, 0.25) is 0 Å². The Morgan fingerprint density at radius 3 is 1.11 bits per heavy atom. The molecule has 2 N–H and O–H groups in total. The first-order valence-corrected chi connectivity index (χ1v) is 11.4. The lowest BCUT2D eigenvalue weighted by molar-refractivity contribution is -0.123. The van der Waals surface area contributed by atoms with Crippen LogP contribution >= 0.6 is 0 Å². The molecule has 0 unspecified atom stereocenters. The highest BCUT2D eigenvalue weighted by Gasteiger charge is 2.10. The van der Waals surface area contributed by atoms with Crippen molar-refractivity contribution in [1.29, 1.82) is 0 Å². The Labute approximate surface area is 205 Å². The second-order valence-corrected chi connectivity index (χ2v) is 8.01. The highest BCUT2D eigenvalue weighted by atomic mass is 16.2. The van der Waals surface area contributed by atoms with E-state index >= 15 is 0 Å². The van der Waals surface area contributed by atoms with Crippen molar-refractivity contribution in [2.24, 2.45) is 0 Å². The molecule has 0 heterocycles. The summed E-state index contributed by atoms with van der Waals surface area (Å²) in [5.74, 6) is -0.727. The first kappa shape index (κ1) is 23.5. The summed E-state index contributed by atoms with van der Waals surface area (Å²) in [6.45, 7) is 0. The molecule has 4 rings (SSSR count). The van der Waals surface area contributed by atoms with E-state index in [0.717, 1.165) is 22.3 Å². The fraction of sp³-hybridized carbons (Fsp3) is 0.0323. The van der Waals surface area contributed by atoms with Gasteiger partial charge in [-0.2, -0.15) is 0 Å². The summed E-state index contributed by atoms with van der Waals surface area (Å²) >= 11 is 0. The van der Waals surface area contributed by atoms with E-state index < -0.39 is 0 Å². The smallest absolute Gasteiger partial charge is 0.233 e. The molecule has 4 aromatic rings. The number of benzene rings is 4. The number of carbonyl (C=O) groups excluding carboxylic acids is 2. The minimum absolute atomic E-state index is 0.259. The Bertz CT molecular complexity index is 1200. The van der Waals surface area contributed by atoms with Crippen LogP contribution in [0.15, 0.2) is 109 Å². The zero-order chi connectivity index (χ0) is 24.3. The number of rotatable bonds is 8. The third-order valence-corrected chi connectivity index (χ3v) is 5.25. The maximum absolute atomic E-state index is 12.3. The number of nitrogens with one attached hydrogen (secondary N) is 2. The lowest BCUT2D eigenvalue weighted by atomic mass is 10.1. The number of anilines is 2. The van der Waals surface area contributed by atoms with Crippen LogP contribution in [0, 0.1) is 0 Å². The summed E-state index contributed by atoms with van der Waals surface area (Å²) in [6.07, 6.45) is 7.83. The molecule has 172 valence electrons. The van der Waals surface area contributed by atoms with Crippen LogP contribution < -0.4 is 10.6 Å². The lowest BCUT2D eigenvalue weighted by Gasteiger charge is -2.07. The molecule has 0 aliphatic rings. The second kappa shape index (κ2) is 12.0. The van der Waals surface area contributed by atoms with Gasteiger partial charge in [0.15, 0.2) is 0 Å². The predicted molar refractivity (Wildman–Crippen MR) is 146 cm³/mol. The second-order valence-electron chi connectivity index (χ2n) is 8.01. The summed E-state index contributed by atoms with van der Waals surface area (Å²) < 4.78 is 0. The van der Waals surface area contributed by atoms with Crippen molar-refractivity contribution in [1.82, 2.24) is 0 Å². The van der Waals surface area contributed by atoms with E-state index in [9.17, 15) is 9.59 Å². The lowest BCUT2D eigenvalue weighted by Crippen LogP contribution is -2.21. The van der Waals surface area contributed by atoms with Crippen LogP contribution in [-0.2, 0) is 9.59 Å². The summed E-state index contributed by atoms with van der Waals surface area (Å²) in [6, 6.07) is 35.0. The van der Waals surface area contributed by atoms with E-state index in [1.54, 1.807) is 0 Å². The number of carbonyl (C=O) groups is 2. The highest BCUT2D eigenvalue weighted by molar-refractivity contribution is 6.08. The van der Waals surface area contributed by atoms with Crippen molar-refractivity contribution in [2.75, 3.05) is 10.6 Å². The Kier molecular flexibility index (Phi) is 8.01. The minimum Gasteiger partial charge on any atom is -0.326 e. The molecule has 0 saturated heterocycles. The van der Waals surface area contributed by atoms with Gasteiger partial charge in [0.2, 0.25) is 11.8 Å². The van der Waals surface area contributed by atoms with E-state index in [1.165, 1.54) is 0 Å². The van der Waals surface area contributed by atoms with Gasteiger partial charge >= 0.3 is 0 Å². The van der Waals surface area contributed by atoms with Gasteiger partial charge in [-0.15, -0.1) is 0 Å². The van der Waals surface area contributed by atoms with Crippen molar-refractivity contribution >= 4 is 47.5 Å². The van der Waals surface area contributed by atoms with Gasteiger partial charge in [0, 0.05) is 11.4 Å². The van der Waals surface area contributed by atoms with Gasteiger partial charge in [-0.3, -0.25) is 9.59 Å². The van der Waals surface area contributed by atoms with Crippen LogP contribution in [0.1, 0.15) is 28.7 Å². The van der Waals surface area contributed by atoms with Gasteiger partial charge in [0.05, 0.1) is 0 Å². The molecule has 0 saturated carbocycles. The van der Waals surface area contributed by atoms with Crippen molar-refractivity contribution in [2.45, 2.75) is 6.42 Å². The van der Waals surface area contributed by atoms with Crippen LogP contribution in [0.5, 0.6) is 0 Å². The third kappa shape index (κ3) is 7.69. The summed E-state index contributed by atoms with van der Waals surface area (Å²) in [4.78, 5) is 24.6. The first-order chi connectivity index (χ1) is 17.1. The fourth-order valence-electron chi connectivity index (χ4n) is 3.42. The normalized spacial score (nSPS) is 11.0. The Morgan fingerprint density at radius 2 is 0.771 bits per heavy atom. The molecule has 0 radical (unpaired) electrons. The van der Waals surface area contributed by atoms with Crippen LogP contribution in [-0.4, -0.2) is 11.8 Å². The average molecular weight is 459 g/mol. The largest absolute Gasteiger partial charge is 0.326 e. The number of hydrogen-bond acceptors (Lipinski definition) is 2. The van der Waals surface area contributed by atoms with Gasteiger partial charge < -0.3 is 10.6 Å². The zero-order valence-electron chi connectivity index (χ0n) is 19.2. The molecule has 4 heteroatoms. The van der Waals surface area contributed by atoms with Crippen molar-refractivity contribution in [3.63, 3.8) is 0 Å². The molecular formula is C31H26N2O2. The first-order valence-electron chi connectivity index (χ1n) is 11.4. The monoisotopic (exact) mass is 458 g/mol. The SMILES string of the molecule is O=C(CC(=O)Nc1ccc(/C=C/c2ccccc2)cc1)Nc1ccc(/C=C/c2ccccc2)cc1. The van der Waals surface area contributed by atoms with Crippen molar-refractivity contribution < 1.29 is 9.59 Å². The minimum atomic E-state index is -0.363. The fourth-order valence-corrected chi connectivity index (χ4v) is 3.42. The van der Waals surface area contributed by atoms with Crippen LogP contribution in [0.25, 0.3) is 24.3 Å². The van der Waals surface area contributed by atoms with Crippen LogP contribution in [0.4, 0.5) is 11.4 Å². The molecule has 0 aromatic heterocycles. The van der Waals surface area contributed by atoms with Gasteiger partial charge in [-0.05, 0) is 46.5 Å². The van der Waals surface area contributed by atoms with E-state index in [2.05, 4.69) is 10.6 Å². The quantitative estimate of drug-likeness (QED) is 0.221. The topological polar surface area (TPSA) is 58.2 Å². The number of hydrogen-bond donors (Lipinski definition) is 2. The summed E-state index contributed by atoms with van der Waals surface area (Å²) in [7, 11) is 0. The molecule has 0 spiro atoms.